The van der Waals surface area contributed by atoms with Crippen LogP contribution in [0.3, 0.4) is 0 Å². The number of aryl methyl sites for hydroxylation is 1. The number of rotatable bonds is 7. The monoisotopic (exact) mass is 417 g/mol. The van der Waals surface area contributed by atoms with Gasteiger partial charge in [0.15, 0.2) is 0 Å². The van der Waals surface area contributed by atoms with E-state index in [0.29, 0.717) is 5.92 Å². The topological polar surface area (TPSA) is 87.7 Å². The average molecular weight is 418 g/mol. The van der Waals surface area contributed by atoms with E-state index < -0.39 is 17.7 Å². The Morgan fingerprint density at radius 1 is 1.23 bits per heavy atom. The van der Waals surface area contributed by atoms with Crippen LogP contribution in [-0.2, 0) is 14.3 Å². The predicted molar refractivity (Wildman–Crippen MR) is 116 cm³/mol. The van der Waals surface area contributed by atoms with Gasteiger partial charge in [0.25, 0.3) is 0 Å². The van der Waals surface area contributed by atoms with Crippen molar-refractivity contribution in [1.29, 1.82) is 0 Å². The van der Waals surface area contributed by atoms with E-state index in [1.165, 1.54) is 0 Å². The van der Waals surface area contributed by atoms with E-state index in [9.17, 15) is 14.4 Å². The van der Waals surface area contributed by atoms with E-state index in [-0.39, 0.29) is 30.4 Å². The third kappa shape index (κ3) is 6.75. The van der Waals surface area contributed by atoms with E-state index >= 15 is 0 Å². The Balaban J connectivity index is 2.28. The van der Waals surface area contributed by atoms with Crippen molar-refractivity contribution in [3.8, 4) is 0 Å². The van der Waals surface area contributed by atoms with Crippen molar-refractivity contribution in [2.24, 2.45) is 5.92 Å². The first-order valence-electron chi connectivity index (χ1n) is 10.5. The Hall–Kier alpha value is -2.57. The molecule has 3 unspecified atom stereocenters. The molecule has 0 radical (unpaired) electrons. The number of nitrogens with one attached hydrogen (secondary N) is 2. The molecule has 0 saturated heterocycles. The summed E-state index contributed by atoms with van der Waals surface area (Å²) in [5.41, 5.74) is 1.12. The fraction of sp³-hybridized carbons (Fsp3) is 0.609. The third-order valence-corrected chi connectivity index (χ3v) is 4.81. The second-order valence-electron chi connectivity index (χ2n) is 9.42. The number of ether oxygens (including phenoxy) is 1. The molecule has 3 amide bonds. The number of hydrogen-bond donors (Lipinski definition) is 2. The van der Waals surface area contributed by atoms with E-state index in [4.69, 9.17) is 4.74 Å². The minimum atomic E-state index is -0.754. The van der Waals surface area contributed by atoms with Gasteiger partial charge in [0.05, 0.1) is 0 Å². The highest BCUT2D eigenvalue weighted by molar-refractivity contribution is 5.91. The minimum Gasteiger partial charge on any atom is -0.444 e. The molecule has 1 aromatic rings. The molecule has 0 aromatic heterocycles. The zero-order chi connectivity index (χ0) is 22.6. The first kappa shape index (κ1) is 23.7. The highest BCUT2D eigenvalue weighted by atomic mass is 16.6. The highest BCUT2D eigenvalue weighted by Crippen LogP contribution is 2.40. The summed E-state index contributed by atoms with van der Waals surface area (Å²) in [6.07, 6.45) is 0.175. The molecular weight excluding hydrogens is 382 g/mol. The van der Waals surface area contributed by atoms with E-state index in [2.05, 4.69) is 17.6 Å². The largest absolute Gasteiger partial charge is 0.444 e. The summed E-state index contributed by atoms with van der Waals surface area (Å²) in [4.78, 5) is 40.0. The molecule has 1 aliphatic carbocycles. The van der Waals surface area contributed by atoms with Crippen LogP contribution >= 0.6 is 0 Å². The predicted octanol–water partition coefficient (Wildman–Crippen LogP) is 3.32. The van der Waals surface area contributed by atoms with Crippen LogP contribution < -0.4 is 10.6 Å². The lowest BCUT2D eigenvalue weighted by Gasteiger charge is -2.33. The van der Waals surface area contributed by atoms with Crippen molar-refractivity contribution in [2.75, 3.05) is 6.54 Å². The van der Waals surface area contributed by atoms with Crippen LogP contribution in [0, 0.1) is 12.8 Å². The summed E-state index contributed by atoms with van der Waals surface area (Å²) in [7, 11) is 0. The van der Waals surface area contributed by atoms with Gasteiger partial charge in [-0.05, 0) is 59.4 Å². The van der Waals surface area contributed by atoms with Crippen LogP contribution in [0.2, 0.25) is 0 Å². The number of hydrogen-bond acceptors (Lipinski definition) is 4. The second kappa shape index (κ2) is 9.49. The second-order valence-corrected chi connectivity index (χ2v) is 9.42. The number of amides is 3. The quantitative estimate of drug-likeness (QED) is 0.712. The third-order valence-electron chi connectivity index (χ3n) is 4.81. The Labute approximate surface area is 179 Å². The Morgan fingerprint density at radius 2 is 1.87 bits per heavy atom. The van der Waals surface area contributed by atoms with Crippen LogP contribution in [0.15, 0.2) is 24.3 Å². The summed E-state index contributed by atoms with van der Waals surface area (Å²) in [6, 6.07) is 6.79. The summed E-state index contributed by atoms with van der Waals surface area (Å²) in [6.45, 7) is 12.8. The first-order chi connectivity index (χ1) is 13.9. The number of nitrogens with zero attached hydrogens (tertiary/aromatic N) is 1. The molecule has 0 spiro atoms. The van der Waals surface area contributed by atoms with Crippen LogP contribution in [0.4, 0.5) is 4.79 Å². The SMILES string of the molecule is Cc1cccc(C(C(=O)NC(C)C)N(C(=O)CNC(=O)OC(C)(C)C)C2CC2C)c1. The summed E-state index contributed by atoms with van der Waals surface area (Å²) < 4.78 is 5.23. The maximum atomic E-state index is 13.2. The molecule has 0 aliphatic heterocycles. The van der Waals surface area contributed by atoms with Crippen LogP contribution in [0.25, 0.3) is 0 Å². The molecule has 1 aromatic carbocycles. The van der Waals surface area contributed by atoms with Gasteiger partial charge >= 0.3 is 6.09 Å². The number of carbonyl (C=O) groups is 3. The van der Waals surface area contributed by atoms with Crippen LogP contribution in [-0.4, -0.2) is 47.0 Å². The zero-order valence-corrected chi connectivity index (χ0v) is 19.1. The minimum absolute atomic E-state index is 0.0404. The molecule has 7 heteroatoms. The van der Waals surface area contributed by atoms with Crippen molar-refractivity contribution in [2.45, 2.75) is 78.6 Å². The van der Waals surface area contributed by atoms with E-state index in [0.717, 1.165) is 17.5 Å². The number of carbonyl (C=O) groups excluding carboxylic acids is 3. The van der Waals surface area contributed by atoms with E-state index in [1.54, 1.807) is 25.7 Å². The van der Waals surface area contributed by atoms with E-state index in [1.807, 2.05) is 45.0 Å². The smallest absolute Gasteiger partial charge is 0.408 e. The van der Waals surface area contributed by atoms with Gasteiger partial charge < -0.3 is 20.3 Å². The first-order valence-corrected chi connectivity index (χ1v) is 10.5. The maximum absolute atomic E-state index is 13.2. The lowest BCUT2D eigenvalue weighted by Crippen LogP contribution is -2.50. The Kier molecular flexibility index (Phi) is 7.50. The van der Waals surface area contributed by atoms with Gasteiger partial charge in [-0.15, -0.1) is 0 Å². The molecule has 0 heterocycles. The van der Waals surface area contributed by atoms with Crippen molar-refractivity contribution in [1.82, 2.24) is 15.5 Å². The fourth-order valence-corrected chi connectivity index (χ4v) is 3.41. The molecule has 30 heavy (non-hydrogen) atoms. The van der Waals surface area contributed by atoms with Gasteiger partial charge in [-0.2, -0.15) is 0 Å². The Bertz CT molecular complexity index is 785. The van der Waals surface area contributed by atoms with Crippen molar-refractivity contribution >= 4 is 17.9 Å². The van der Waals surface area contributed by atoms with Gasteiger partial charge in [-0.25, -0.2) is 4.79 Å². The molecule has 3 atom stereocenters. The van der Waals surface area contributed by atoms with Gasteiger partial charge in [0.2, 0.25) is 11.8 Å². The molecule has 2 N–H and O–H groups in total. The highest BCUT2D eigenvalue weighted by Gasteiger charge is 2.46. The normalized spacial score (nSPS) is 19.1. The molecule has 1 saturated carbocycles. The van der Waals surface area contributed by atoms with Gasteiger partial charge in [0.1, 0.15) is 18.2 Å². The average Bonchev–Trinajstić information content (AvgIpc) is 3.31. The Morgan fingerprint density at radius 3 is 2.37 bits per heavy atom. The lowest BCUT2D eigenvalue weighted by atomic mass is 10.0. The van der Waals surface area contributed by atoms with Crippen molar-refractivity contribution in [3.63, 3.8) is 0 Å². The van der Waals surface area contributed by atoms with Gasteiger partial charge in [-0.1, -0.05) is 36.8 Å². The number of alkyl carbamates (subject to hydrolysis) is 1. The standard InChI is InChI=1S/C23H35N3O4/c1-14(2)25-21(28)20(17-10-8-9-15(3)11-17)26(18-12-16(18)4)19(27)13-24-22(29)30-23(5,6)7/h8-11,14,16,18,20H,12-13H2,1-7H3,(H,24,29)(H,25,28). The van der Waals surface area contributed by atoms with Crippen LogP contribution in [0.1, 0.15) is 65.1 Å². The molecule has 0 bridgehead atoms. The van der Waals surface area contributed by atoms with Gasteiger partial charge in [0, 0.05) is 12.1 Å². The molecule has 7 nitrogen and oxygen atoms in total. The maximum Gasteiger partial charge on any atom is 0.408 e. The van der Waals surface area contributed by atoms with Crippen molar-refractivity contribution < 1.29 is 19.1 Å². The summed E-state index contributed by atoms with van der Waals surface area (Å²) >= 11 is 0. The number of benzene rings is 1. The lowest BCUT2D eigenvalue weighted by molar-refractivity contribution is -0.141. The summed E-state index contributed by atoms with van der Waals surface area (Å²) in [5.74, 6) is -0.226. The van der Waals surface area contributed by atoms with Crippen LogP contribution in [0.5, 0.6) is 0 Å². The molecule has 166 valence electrons. The molecular formula is C23H35N3O4. The zero-order valence-electron chi connectivity index (χ0n) is 19.1. The molecule has 1 aliphatic rings. The fourth-order valence-electron chi connectivity index (χ4n) is 3.41. The molecule has 1 fully saturated rings. The van der Waals surface area contributed by atoms with Gasteiger partial charge in [-0.3, -0.25) is 9.59 Å². The van der Waals surface area contributed by atoms with Crippen molar-refractivity contribution in [3.05, 3.63) is 35.4 Å². The summed E-state index contributed by atoms with van der Waals surface area (Å²) in [5, 5.41) is 5.47. The molecule has 2 rings (SSSR count).